The second-order valence-corrected chi connectivity index (χ2v) is 3.55. The van der Waals surface area contributed by atoms with Crippen LogP contribution in [0.3, 0.4) is 0 Å². The zero-order valence-corrected chi connectivity index (χ0v) is 7.78. The molecule has 1 aliphatic rings. The quantitative estimate of drug-likeness (QED) is 0.566. The number of hydrogen-bond donors (Lipinski definition) is 1. The van der Waals surface area contributed by atoms with Crippen LogP contribution in [0.15, 0.2) is 0 Å². The fourth-order valence-corrected chi connectivity index (χ4v) is 1.74. The molecule has 2 nitrogen and oxygen atoms in total. The summed E-state index contributed by atoms with van der Waals surface area (Å²) in [5.41, 5.74) is 4.85. The van der Waals surface area contributed by atoms with E-state index >= 15 is 0 Å². The molecule has 1 rings (SSSR count). The predicted molar refractivity (Wildman–Crippen MR) is 49.6 cm³/mol. The highest BCUT2D eigenvalue weighted by atomic mass is 32.2. The van der Waals surface area contributed by atoms with Crippen LogP contribution in [0.2, 0.25) is 0 Å². The Balaban J connectivity index is 0.000000236. The summed E-state index contributed by atoms with van der Waals surface area (Å²) >= 11 is 2.06. The SMILES string of the molecule is CCN.CN1CCSCC1. The molecule has 0 atom stereocenters. The molecule has 0 aliphatic carbocycles. The first-order chi connectivity index (χ1) is 4.81. The Morgan fingerprint density at radius 3 is 2.00 bits per heavy atom. The second-order valence-electron chi connectivity index (χ2n) is 2.32. The van der Waals surface area contributed by atoms with Crippen LogP contribution in [0, 0.1) is 0 Å². The summed E-state index contributed by atoms with van der Waals surface area (Å²) in [4.78, 5) is 2.37. The molecule has 0 aromatic rings. The normalized spacial score (nSPS) is 19.5. The van der Waals surface area contributed by atoms with Crippen molar-refractivity contribution in [2.75, 3.05) is 38.2 Å². The summed E-state index contributed by atoms with van der Waals surface area (Å²) in [6.07, 6.45) is 0. The lowest BCUT2D eigenvalue weighted by Gasteiger charge is -2.20. The molecular weight excluding hydrogens is 144 g/mol. The van der Waals surface area contributed by atoms with Gasteiger partial charge in [0.05, 0.1) is 0 Å². The number of nitrogens with zero attached hydrogens (tertiary/aromatic N) is 1. The minimum Gasteiger partial charge on any atom is -0.331 e. The van der Waals surface area contributed by atoms with Crippen molar-refractivity contribution in [2.45, 2.75) is 6.92 Å². The van der Waals surface area contributed by atoms with Gasteiger partial charge < -0.3 is 10.6 Å². The van der Waals surface area contributed by atoms with Gasteiger partial charge in [-0.15, -0.1) is 0 Å². The Morgan fingerprint density at radius 2 is 1.80 bits per heavy atom. The Morgan fingerprint density at radius 1 is 1.40 bits per heavy atom. The number of rotatable bonds is 0. The van der Waals surface area contributed by atoms with Crippen LogP contribution in [0.25, 0.3) is 0 Å². The van der Waals surface area contributed by atoms with E-state index in [2.05, 4.69) is 23.7 Å². The Hall–Kier alpha value is 0.270. The van der Waals surface area contributed by atoms with Crippen LogP contribution >= 0.6 is 11.8 Å². The van der Waals surface area contributed by atoms with E-state index in [1.54, 1.807) is 0 Å². The first-order valence-electron chi connectivity index (χ1n) is 3.77. The third-order valence-electron chi connectivity index (χ3n) is 1.23. The number of thioether (sulfide) groups is 1. The van der Waals surface area contributed by atoms with Crippen molar-refractivity contribution in [1.29, 1.82) is 0 Å². The van der Waals surface area contributed by atoms with Gasteiger partial charge in [0.2, 0.25) is 0 Å². The van der Waals surface area contributed by atoms with Crippen LogP contribution in [0.4, 0.5) is 0 Å². The standard InChI is InChI=1S/C5H11NS.C2H7N/c1-6-2-4-7-5-3-6;1-2-3/h2-5H2,1H3;2-3H2,1H3. The van der Waals surface area contributed by atoms with E-state index < -0.39 is 0 Å². The average molecular weight is 162 g/mol. The van der Waals surface area contributed by atoms with Gasteiger partial charge in [-0.3, -0.25) is 0 Å². The van der Waals surface area contributed by atoms with Gasteiger partial charge >= 0.3 is 0 Å². The topological polar surface area (TPSA) is 29.3 Å². The van der Waals surface area contributed by atoms with E-state index in [0.717, 1.165) is 6.54 Å². The largest absolute Gasteiger partial charge is 0.331 e. The molecular formula is C7H18N2S. The smallest absolute Gasteiger partial charge is 0.00696 e. The lowest BCUT2D eigenvalue weighted by Crippen LogP contribution is -2.28. The molecule has 1 fully saturated rings. The van der Waals surface area contributed by atoms with Gasteiger partial charge in [0.15, 0.2) is 0 Å². The van der Waals surface area contributed by atoms with Gasteiger partial charge in [-0.1, -0.05) is 6.92 Å². The molecule has 0 saturated carbocycles. The minimum atomic E-state index is 0.750. The zero-order chi connectivity index (χ0) is 7.82. The molecule has 0 amide bonds. The molecule has 0 unspecified atom stereocenters. The lowest BCUT2D eigenvalue weighted by atomic mass is 10.6. The molecule has 0 radical (unpaired) electrons. The van der Waals surface area contributed by atoms with Crippen LogP contribution in [-0.2, 0) is 0 Å². The van der Waals surface area contributed by atoms with E-state index in [9.17, 15) is 0 Å². The van der Waals surface area contributed by atoms with Crippen molar-refractivity contribution in [3.8, 4) is 0 Å². The van der Waals surface area contributed by atoms with Crippen LogP contribution < -0.4 is 5.73 Å². The van der Waals surface area contributed by atoms with E-state index in [1.807, 2.05) is 6.92 Å². The Labute approximate surface area is 68.2 Å². The summed E-state index contributed by atoms with van der Waals surface area (Å²) in [5, 5.41) is 0. The maximum absolute atomic E-state index is 4.85. The second kappa shape index (κ2) is 7.38. The molecule has 2 N–H and O–H groups in total. The highest BCUT2D eigenvalue weighted by Crippen LogP contribution is 2.05. The van der Waals surface area contributed by atoms with E-state index in [1.165, 1.54) is 24.6 Å². The lowest BCUT2D eigenvalue weighted by molar-refractivity contribution is 0.372. The molecule has 1 aliphatic heterocycles. The van der Waals surface area contributed by atoms with Crippen LogP contribution in [-0.4, -0.2) is 43.1 Å². The molecule has 10 heavy (non-hydrogen) atoms. The molecule has 0 spiro atoms. The van der Waals surface area contributed by atoms with Crippen LogP contribution in [0.1, 0.15) is 6.92 Å². The fraction of sp³-hybridized carbons (Fsp3) is 1.00. The molecule has 1 saturated heterocycles. The number of hydrogen-bond acceptors (Lipinski definition) is 3. The first-order valence-corrected chi connectivity index (χ1v) is 4.93. The summed E-state index contributed by atoms with van der Waals surface area (Å²) in [6, 6.07) is 0. The molecule has 0 aromatic heterocycles. The van der Waals surface area contributed by atoms with Crippen molar-refractivity contribution in [2.24, 2.45) is 5.73 Å². The molecule has 3 heteroatoms. The number of nitrogens with two attached hydrogens (primary N) is 1. The van der Waals surface area contributed by atoms with Crippen molar-refractivity contribution in [1.82, 2.24) is 4.90 Å². The van der Waals surface area contributed by atoms with Crippen LogP contribution in [0.5, 0.6) is 0 Å². The molecule has 0 bridgehead atoms. The summed E-state index contributed by atoms with van der Waals surface area (Å²) in [6.45, 7) is 5.22. The molecule has 62 valence electrons. The Bertz CT molecular complexity index is 62.6. The molecule has 0 aromatic carbocycles. The highest BCUT2D eigenvalue weighted by Gasteiger charge is 2.02. The van der Waals surface area contributed by atoms with Crippen molar-refractivity contribution in [3.05, 3.63) is 0 Å². The van der Waals surface area contributed by atoms with E-state index in [-0.39, 0.29) is 0 Å². The fourth-order valence-electron chi connectivity index (χ4n) is 0.655. The molecule has 1 heterocycles. The summed E-state index contributed by atoms with van der Waals surface area (Å²) in [7, 11) is 2.18. The maximum atomic E-state index is 4.85. The van der Waals surface area contributed by atoms with Crippen molar-refractivity contribution in [3.63, 3.8) is 0 Å². The third kappa shape index (κ3) is 6.39. The van der Waals surface area contributed by atoms with Gasteiger partial charge in [-0.2, -0.15) is 11.8 Å². The van der Waals surface area contributed by atoms with Crippen molar-refractivity contribution >= 4 is 11.8 Å². The van der Waals surface area contributed by atoms with Gasteiger partial charge in [0, 0.05) is 24.6 Å². The van der Waals surface area contributed by atoms with E-state index in [4.69, 9.17) is 5.73 Å². The van der Waals surface area contributed by atoms with E-state index in [0.29, 0.717) is 0 Å². The predicted octanol–water partition coefficient (Wildman–Crippen LogP) is 0.630. The average Bonchev–Trinajstić information content (AvgIpc) is 1.91. The third-order valence-corrected chi connectivity index (χ3v) is 2.18. The highest BCUT2D eigenvalue weighted by molar-refractivity contribution is 7.99. The van der Waals surface area contributed by atoms with Gasteiger partial charge in [-0.05, 0) is 13.6 Å². The minimum absolute atomic E-state index is 0.750. The first kappa shape index (κ1) is 10.3. The van der Waals surface area contributed by atoms with Crippen molar-refractivity contribution < 1.29 is 0 Å². The zero-order valence-electron chi connectivity index (χ0n) is 6.97. The van der Waals surface area contributed by atoms with Gasteiger partial charge in [0.1, 0.15) is 0 Å². The Kier molecular flexibility index (Phi) is 7.58. The monoisotopic (exact) mass is 162 g/mol. The maximum Gasteiger partial charge on any atom is 0.00696 e. The van der Waals surface area contributed by atoms with Gasteiger partial charge in [0.25, 0.3) is 0 Å². The summed E-state index contributed by atoms with van der Waals surface area (Å²) in [5.74, 6) is 2.66. The summed E-state index contributed by atoms with van der Waals surface area (Å²) < 4.78 is 0. The van der Waals surface area contributed by atoms with Gasteiger partial charge in [-0.25, -0.2) is 0 Å².